The third kappa shape index (κ3) is 7.04. The van der Waals surface area contributed by atoms with E-state index >= 15 is 0 Å². The second-order valence-electron chi connectivity index (χ2n) is 9.21. The molecule has 2 fully saturated rings. The molecule has 2 aliphatic rings. The minimum Gasteiger partial charge on any atom is -0.465 e. The second-order valence-corrected chi connectivity index (χ2v) is 9.21. The van der Waals surface area contributed by atoms with E-state index in [1.54, 1.807) is 20.8 Å². The highest BCUT2D eigenvalue weighted by atomic mass is 19.1. The second kappa shape index (κ2) is 9.63. The van der Waals surface area contributed by atoms with Crippen LogP contribution in [0.25, 0.3) is 0 Å². The van der Waals surface area contributed by atoms with Crippen molar-refractivity contribution in [3.63, 3.8) is 0 Å². The monoisotopic (exact) mass is 415 g/mol. The maximum absolute atomic E-state index is 13.6. The van der Waals surface area contributed by atoms with E-state index in [4.69, 9.17) is 9.84 Å². The van der Waals surface area contributed by atoms with E-state index in [2.05, 4.69) is 10.6 Å². The number of ether oxygens (including phenoxy) is 1. The van der Waals surface area contributed by atoms with E-state index in [1.165, 1.54) is 4.90 Å². The highest BCUT2D eigenvalue weighted by Gasteiger charge is 2.39. The first kappa shape index (κ1) is 23.2. The fraction of sp³-hybridized carbons (Fsp3) is 0.850. The fourth-order valence-corrected chi connectivity index (χ4v) is 4.20. The number of likely N-dealkylation sites (tertiary alicyclic amines) is 1. The van der Waals surface area contributed by atoms with Crippen molar-refractivity contribution in [2.75, 3.05) is 13.1 Å². The van der Waals surface area contributed by atoms with Crippen molar-refractivity contribution in [3.05, 3.63) is 0 Å². The highest BCUT2D eigenvalue weighted by Crippen LogP contribution is 2.33. The van der Waals surface area contributed by atoms with E-state index in [-0.39, 0.29) is 30.3 Å². The summed E-state index contributed by atoms with van der Waals surface area (Å²) in [6.45, 7) is 7.55. The normalized spacial score (nSPS) is 27.1. The molecule has 1 aliphatic heterocycles. The molecule has 29 heavy (non-hydrogen) atoms. The zero-order valence-corrected chi connectivity index (χ0v) is 17.7. The van der Waals surface area contributed by atoms with Crippen molar-refractivity contribution in [1.82, 2.24) is 15.5 Å². The van der Waals surface area contributed by atoms with E-state index in [9.17, 15) is 18.8 Å². The molecule has 0 unspecified atom stereocenters. The van der Waals surface area contributed by atoms with Crippen LogP contribution in [0.4, 0.5) is 14.0 Å². The number of carbonyl (C=O) groups is 3. The average molecular weight is 416 g/mol. The van der Waals surface area contributed by atoms with Crippen LogP contribution in [0.15, 0.2) is 0 Å². The number of rotatable bonds is 5. The Morgan fingerprint density at radius 3 is 2.24 bits per heavy atom. The lowest BCUT2D eigenvalue weighted by Gasteiger charge is -2.37. The zero-order valence-electron chi connectivity index (χ0n) is 17.7. The minimum absolute atomic E-state index is 0.0489. The van der Waals surface area contributed by atoms with Crippen LogP contribution < -0.4 is 10.6 Å². The van der Waals surface area contributed by atoms with Crippen molar-refractivity contribution in [2.45, 2.75) is 83.7 Å². The molecule has 3 amide bonds. The summed E-state index contributed by atoms with van der Waals surface area (Å²) in [7, 11) is 0. The molecular weight excluding hydrogens is 381 g/mol. The maximum atomic E-state index is 13.6. The molecule has 166 valence electrons. The molecule has 1 heterocycles. The maximum Gasteiger partial charge on any atom is 0.408 e. The number of nitrogens with one attached hydrogen (secondary N) is 2. The first-order valence-corrected chi connectivity index (χ1v) is 10.4. The number of hydrogen-bond acceptors (Lipinski definition) is 4. The molecule has 3 N–H and O–H groups in total. The van der Waals surface area contributed by atoms with E-state index in [1.807, 2.05) is 6.92 Å². The lowest BCUT2D eigenvalue weighted by molar-refractivity contribution is -0.134. The molecule has 3 atom stereocenters. The quantitative estimate of drug-likeness (QED) is 0.640. The summed E-state index contributed by atoms with van der Waals surface area (Å²) in [5, 5.41) is 14.1. The van der Waals surface area contributed by atoms with Crippen molar-refractivity contribution in [1.29, 1.82) is 0 Å². The van der Waals surface area contributed by atoms with Crippen LogP contribution in [0.1, 0.15) is 59.8 Å². The third-order valence-corrected chi connectivity index (χ3v) is 5.75. The SMILES string of the molecule is C[C@@H](C1CCC(NC(=O)O)CC1)[C@H](NC(=O)OC(C)(C)C)C(=O)N1CC[C@H](F)C1. The first-order chi connectivity index (χ1) is 13.5. The molecule has 1 saturated heterocycles. The summed E-state index contributed by atoms with van der Waals surface area (Å²) in [5.41, 5.74) is -0.695. The van der Waals surface area contributed by atoms with Crippen LogP contribution in [0.5, 0.6) is 0 Å². The zero-order chi connectivity index (χ0) is 21.8. The molecule has 8 nitrogen and oxygen atoms in total. The van der Waals surface area contributed by atoms with Crippen molar-refractivity contribution < 1.29 is 28.6 Å². The molecular formula is C20H34FN3O5. The molecule has 0 spiro atoms. The van der Waals surface area contributed by atoms with Gasteiger partial charge in [-0.2, -0.15) is 0 Å². The van der Waals surface area contributed by atoms with Crippen LogP contribution in [-0.2, 0) is 9.53 Å². The van der Waals surface area contributed by atoms with Gasteiger partial charge in [-0.25, -0.2) is 14.0 Å². The molecule has 0 radical (unpaired) electrons. The fourth-order valence-electron chi connectivity index (χ4n) is 4.20. The van der Waals surface area contributed by atoms with Crippen molar-refractivity contribution in [3.8, 4) is 0 Å². The van der Waals surface area contributed by atoms with Gasteiger partial charge in [-0.15, -0.1) is 0 Å². The van der Waals surface area contributed by atoms with Crippen molar-refractivity contribution in [2.24, 2.45) is 11.8 Å². The largest absolute Gasteiger partial charge is 0.465 e. The van der Waals surface area contributed by atoms with Gasteiger partial charge >= 0.3 is 12.2 Å². The van der Waals surface area contributed by atoms with Crippen molar-refractivity contribution >= 4 is 18.1 Å². The molecule has 1 saturated carbocycles. The van der Waals surface area contributed by atoms with Crippen LogP contribution >= 0.6 is 0 Å². The summed E-state index contributed by atoms with van der Waals surface area (Å²) < 4.78 is 19.0. The Morgan fingerprint density at radius 1 is 1.14 bits per heavy atom. The smallest absolute Gasteiger partial charge is 0.408 e. The molecule has 0 aromatic carbocycles. The summed E-state index contributed by atoms with van der Waals surface area (Å²) in [4.78, 5) is 37.8. The van der Waals surface area contributed by atoms with Gasteiger partial charge in [-0.3, -0.25) is 4.79 Å². The van der Waals surface area contributed by atoms with Gasteiger partial charge in [0.25, 0.3) is 0 Å². The summed E-state index contributed by atoms with van der Waals surface area (Å²) in [6, 6.07) is -0.890. The molecule has 2 rings (SSSR count). The van der Waals surface area contributed by atoms with Gasteiger partial charge in [0, 0.05) is 12.6 Å². The summed E-state index contributed by atoms with van der Waals surface area (Å²) in [5.74, 6) is -0.316. The van der Waals surface area contributed by atoms with Gasteiger partial charge < -0.3 is 25.4 Å². The number of nitrogens with zero attached hydrogens (tertiary/aromatic N) is 1. The number of alkyl halides is 1. The molecule has 0 aromatic heterocycles. The minimum atomic E-state index is -1.03. The van der Waals surface area contributed by atoms with Crippen LogP contribution in [-0.4, -0.2) is 65.0 Å². The van der Waals surface area contributed by atoms with Gasteiger partial charge in [-0.05, 0) is 64.7 Å². The third-order valence-electron chi connectivity index (χ3n) is 5.75. The predicted octanol–water partition coefficient (Wildman–Crippen LogP) is 2.91. The Bertz CT molecular complexity index is 601. The lowest BCUT2D eigenvalue weighted by Crippen LogP contribution is -2.54. The Labute approximate surface area is 171 Å². The standard InChI is InChI=1S/C20H34FN3O5/c1-12(13-5-7-15(8-6-13)22-18(26)27)16(23-19(28)29-20(2,3)4)17(25)24-10-9-14(21)11-24/h12-16,22H,5-11H2,1-4H3,(H,23,28)(H,26,27)/t12-,13?,14-,15?,16-/m0/s1. The Kier molecular flexibility index (Phi) is 7.71. The molecule has 9 heteroatoms. The highest BCUT2D eigenvalue weighted by molar-refractivity contribution is 5.86. The number of carboxylic acid groups (broad SMARTS) is 1. The van der Waals surface area contributed by atoms with Crippen LogP contribution in [0, 0.1) is 11.8 Å². The van der Waals surface area contributed by atoms with Crippen LogP contribution in [0.3, 0.4) is 0 Å². The number of halogens is 1. The summed E-state index contributed by atoms with van der Waals surface area (Å²) in [6.07, 6.45) is 0.445. The van der Waals surface area contributed by atoms with Gasteiger partial charge in [0.05, 0.1) is 6.54 Å². The van der Waals surface area contributed by atoms with Gasteiger partial charge in [0.1, 0.15) is 17.8 Å². The van der Waals surface area contributed by atoms with E-state index < -0.39 is 30.0 Å². The first-order valence-electron chi connectivity index (χ1n) is 10.4. The summed E-state index contributed by atoms with van der Waals surface area (Å²) >= 11 is 0. The van der Waals surface area contributed by atoms with Gasteiger partial charge in [0.2, 0.25) is 5.91 Å². The molecule has 0 bridgehead atoms. The Hall–Kier alpha value is -2.06. The van der Waals surface area contributed by atoms with Gasteiger partial charge in [-0.1, -0.05) is 6.92 Å². The number of carbonyl (C=O) groups excluding carboxylic acids is 2. The van der Waals surface area contributed by atoms with Crippen LogP contribution in [0.2, 0.25) is 0 Å². The van der Waals surface area contributed by atoms with E-state index in [0.29, 0.717) is 25.8 Å². The Balaban J connectivity index is 2.06. The average Bonchev–Trinajstić information content (AvgIpc) is 3.03. The lowest BCUT2D eigenvalue weighted by atomic mass is 9.75. The Morgan fingerprint density at radius 2 is 1.76 bits per heavy atom. The number of hydrogen-bond donors (Lipinski definition) is 3. The van der Waals surface area contributed by atoms with Gasteiger partial charge in [0.15, 0.2) is 0 Å². The topological polar surface area (TPSA) is 108 Å². The molecule has 1 aliphatic carbocycles. The van der Waals surface area contributed by atoms with E-state index in [0.717, 1.165) is 12.8 Å². The number of amides is 3. The number of alkyl carbamates (subject to hydrolysis) is 1. The predicted molar refractivity (Wildman–Crippen MR) is 105 cm³/mol. The molecule has 0 aromatic rings.